The van der Waals surface area contributed by atoms with Gasteiger partial charge in [0.2, 0.25) is 0 Å². The second-order valence-electron chi connectivity index (χ2n) is 6.28. The first kappa shape index (κ1) is 19.3. The van der Waals surface area contributed by atoms with Crippen LogP contribution in [0.15, 0.2) is 35.0 Å². The number of carbonyl (C=O) groups is 2. The summed E-state index contributed by atoms with van der Waals surface area (Å²) >= 11 is 3.10. The Hall–Kier alpha value is -2.51. The van der Waals surface area contributed by atoms with Crippen LogP contribution in [0.25, 0.3) is 9.88 Å². The lowest BCUT2D eigenvalue weighted by Crippen LogP contribution is -2.22. The minimum absolute atomic E-state index is 0.0533. The summed E-state index contributed by atoms with van der Waals surface area (Å²) in [5.74, 6) is -0.818. The molecule has 1 N–H and O–H groups in total. The number of benzene rings is 1. The maximum absolute atomic E-state index is 12.1. The van der Waals surface area contributed by atoms with Gasteiger partial charge in [0.05, 0.1) is 17.0 Å². The zero-order valence-electron chi connectivity index (χ0n) is 15.4. The second-order valence-corrected chi connectivity index (χ2v) is 8.09. The number of aryl methyl sites for hydroxylation is 3. The van der Waals surface area contributed by atoms with E-state index in [1.165, 1.54) is 11.3 Å². The van der Waals surface area contributed by atoms with E-state index in [-0.39, 0.29) is 18.9 Å². The Labute approximate surface area is 166 Å². The molecule has 3 aromatic rings. The first-order valence-corrected chi connectivity index (χ1v) is 10.2. The van der Waals surface area contributed by atoms with E-state index in [2.05, 4.69) is 10.3 Å². The van der Waals surface area contributed by atoms with Crippen molar-refractivity contribution in [1.82, 2.24) is 4.98 Å². The number of aromatic nitrogens is 1. The van der Waals surface area contributed by atoms with Crippen LogP contribution in [0.1, 0.15) is 22.4 Å². The quantitative estimate of drug-likeness (QED) is 0.618. The van der Waals surface area contributed by atoms with Crippen molar-refractivity contribution in [2.45, 2.75) is 27.2 Å². The highest BCUT2D eigenvalue weighted by molar-refractivity contribution is 7.20. The normalized spacial score (nSPS) is 10.6. The van der Waals surface area contributed by atoms with Gasteiger partial charge in [-0.05, 0) is 43.3 Å². The molecule has 7 heteroatoms. The number of anilines is 1. The van der Waals surface area contributed by atoms with Gasteiger partial charge in [0, 0.05) is 11.1 Å². The standard InChI is InChI=1S/C20H20N2O3S2/c1-12-7-13(2)19(14(3)8-12)22-17(23)10-25-18(24)9-15-11-27-20(21-15)16-5-4-6-26-16/h4-8,11H,9-10H2,1-3H3,(H,22,23). The summed E-state index contributed by atoms with van der Waals surface area (Å²) in [6.07, 6.45) is 0.0533. The molecule has 0 radical (unpaired) electrons. The molecule has 0 saturated carbocycles. The predicted molar refractivity (Wildman–Crippen MR) is 109 cm³/mol. The van der Waals surface area contributed by atoms with Crippen LogP contribution in [-0.4, -0.2) is 23.5 Å². The number of nitrogens with one attached hydrogen (secondary N) is 1. The fourth-order valence-corrected chi connectivity index (χ4v) is 4.43. The molecule has 140 valence electrons. The van der Waals surface area contributed by atoms with E-state index in [0.717, 1.165) is 32.3 Å². The Morgan fingerprint density at radius 3 is 2.56 bits per heavy atom. The maximum Gasteiger partial charge on any atom is 0.312 e. The third-order valence-electron chi connectivity index (χ3n) is 3.91. The van der Waals surface area contributed by atoms with Crippen LogP contribution in [0.4, 0.5) is 5.69 Å². The summed E-state index contributed by atoms with van der Waals surface area (Å²) in [6.45, 7) is 5.58. The van der Waals surface area contributed by atoms with Gasteiger partial charge in [0.1, 0.15) is 5.01 Å². The molecule has 1 aromatic carbocycles. The van der Waals surface area contributed by atoms with E-state index in [9.17, 15) is 9.59 Å². The van der Waals surface area contributed by atoms with Crippen LogP contribution in [0.5, 0.6) is 0 Å². The molecule has 0 aliphatic heterocycles. The number of carbonyl (C=O) groups excluding carboxylic acids is 2. The molecule has 3 rings (SSSR count). The largest absolute Gasteiger partial charge is 0.455 e. The molecule has 27 heavy (non-hydrogen) atoms. The van der Waals surface area contributed by atoms with Gasteiger partial charge in [-0.25, -0.2) is 4.98 Å². The molecular formula is C20H20N2O3S2. The van der Waals surface area contributed by atoms with E-state index in [1.807, 2.05) is 55.8 Å². The Morgan fingerprint density at radius 2 is 1.89 bits per heavy atom. The summed E-state index contributed by atoms with van der Waals surface area (Å²) in [5.41, 5.74) is 4.52. The van der Waals surface area contributed by atoms with Crippen molar-refractivity contribution >= 4 is 40.2 Å². The van der Waals surface area contributed by atoms with E-state index in [4.69, 9.17) is 4.74 Å². The summed E-state index contributed by atoms with van der Waals surface area (Å²) in [4.78, 5) is 29.6. The SMILES string of the molecule is Cc1cc(C)c(NC(=O)COC(=O)Cc2csc(-c3cccs3)n2)c(C)c1. The number of nitrogens with zero attached hydrogens (tertiary/aromatic N) is 1. The lowest BCUT2D eigenvalue weighted by molar-refractivity contribution is -0.146. The summed E-state index contributed by atoms with van der Waals surface area (Å²) in [5, 5.41) is 7.53. The molecule has 0 bridgehead atoms. The number of hydrogen-bond donors (Lipinski definition) is 1. The molecular weight excluding hydrogens is 380 g/mol. The summed E-state index contributed by atoms with van der Waals surface area (Å²) < 4.78 is 5.10. The smallest absolute Gasteiger partial charge is 0.312 e. The van der Waals surface area contributed by atoms with Gasteiger partial charge in [0.15, 0.2) is 6.61 Å². The van der Waals surface area contributed by atoms with Gasteiger partial charge in [-0.2, -0.15) is 0 Å². The molecule has 1 amide bonds. The maximum atomic E-state index is 12.1. The van der Waals surface area contributed by atoms with Crippen LogP contribution < -0.4 is 5.32 Å². The van der Waals surface area contributed by atoms with Crippen LogP contribution in [0.3, 0.4) is 0 Å². The molecule has 0 aliphatic carbocycles. The third kappa shape index (κ3) is 5.02. The van der Waals surface area contributed by atoms with Crippen LogP contribution in [0.2, 0.25) is 0 Å². The van der Waals surface area contributed by atoms with Gasteiger partial charge >= 0.3 is 5.97 Å². The highest BCUT2D eigenvalue weighted by Crippen LogP contribution is 2.28. The fraction of sp³-hybridized carbons (Fsp3) is 0.250. The van der Waals surface area contributed by atoms with E-state index in [1.54, 1.807) is 11.3 Å². The van der Waals surface area contributed by atoms with Crippen LogP contribution >= 0.6 is 22.7 Å². The average Bonchev–Trinajstić information content (AvgIpc) is 3.27. The molecule has 0 fully saturated rings. The van der Waals surface area contributed by atoms with Crippen molar-refractivity contribution in [3.8, 4) is 9.88 Å². The molecule has 0 spiro atoms. The molecule has 0 aliphatic rings. The minimum Gasteiger partial charge on any atom is -0.455 e. The van der Waals surface area contributed by atoms with Crippen molar-refractivity contribution in [1.29, 1.82) is 0 Å². The zero-order valence-corrected chi connectivity index (χ0v) is 17.0. The Balaban J connectivity index is 1.51. The van der Waals surface area contributed by atoms with E-state index >= 15 is 0 Å². The van der Waals surface area contributed by atoms with E-state index < -0.39 is 5.97 Å². The van der Waals surface area contributed by atoms with Gasteiger partial charge in [0.25, 0.3) is 5.91 Å². The van der Waals surface area contributed by atoms with E-state index in [0.29, 0.717) is 5.69 Å². The van der Waals surface area contributed by atoms with Crippen molar-refractivity contribution < 1.29 is 14.3 Å². The molecule has 0 atom stereocenters. The van der Waals surface area contributed by atoms with Crippen molar-refractivity contribution in [2.75, 3.05) is 11.9 Å². The third-order valence-corrected chi connectivity index (χ3v) is 5.85. The molecule has 2 heterocycles. The summed E-state index contributed by atoms with van der Waals surface area (Å²) in [7, 11) is 0. The van der Waals surface area contributed by atoms with Gasteiger partial charge < -0.3 is 10.1 Å². The van der Waals surface area contributed by atoms with Crippen molar-refractivity contribution in [3.63, 3.8) is 0 Å². The number of hydrogen-bond acceptors (Lipinski definition) is 6. The monoisotopic (exact) mass is 400 g/mol. The highest BCUT2D eigenvalue weighted by atomic mass is 32.1. The van der Waals surface area contributed by atoms with Crippen LogP contribution in [0, 0.1) is 20.8 Å². The molecule has 0 unspecified atom stereocenters. The minimum atomic E-state index is -0.467. The second kappa shape index (κ2) is 8.45. The first-order valence-electron chi connectivity index (χ1n) is 8.44. The van der Waals surface area contributed by atoms with Crippen LogP contribution in [-0.2, 0) is 20.7 Å². The Morgan fingerprint density at radius 1 is 1.15 bits per heavy atom. The number of ether oxygens (including phenoxy) is 1. The molecule has 0 saturated heterocycles. The van der Waals surface area contributed by atoms with Crippen molar-refractivity contribution in [3.05, 3.63) is 57.4 Å². The number of thiazole rings is 1. The number of amides is 1. The molecule has 2 aromatic heterocycles. The molecule has 5 nitrogen and oxygen atoms in total. The number of esters is 1. The Kier molecular flexibility index (Phi) is 6.03. The van der Waals surface area contributed by atoms with Gasteiger partial charge in [-0.15, -0.1) is 22.7 Å². The topological polar surface area (TPSA) is 68.3 Å². The fourth-order valence-electron chi connectivity index (χ4n) is 2.80. The lowest BCUT2D eigenvalue weighted by atomic mass is 10.1. The zero-order chi connectivity index (χ0) is 19.4. The lowest BCUT2D eigenvalue weighted by Gasteiger charge is -2.12. The van der Waals surface area contributed by atoms with Crippen molar-refractivity contribution in [2.24, 2.45) is 0 Å². The highest BCUT2D eigenvalue weighted by Gasteiger charge is 2.14. The van der Waals surface area contributed by atoms with Gasteiger partial charge in [-0.1, -0.05) is 23.8 Å². The first-order chi connectivity index (χ1) is 12.9. The summed E-state index contributed by atoms with van der Waals surface area (Å²) in [6, 6.07) is 7.96. The Bertz CT molecular complexity index is 939. The number of thiophene rings is 1. The number of rotatable bonds is 6. The van der Waals surface area contributed by atoms with Gasteiger partial charge in [-0.3, -0.25) is 9.59 Å². The average molecular weight is 401 g/mol. The predicted octanol–water partition coefficient (Wildman–Crippen LogP) is 4.52.